The van der Waals surface area contributed by atoms with Crippen LogP contribution in [0.1, 0.15) is 5.56 Å². The van der Waals surface area contributed by atoms with Gasteiger partial charge >= 0.3 is 0 Å². The maximum absolute atomic E-state index is 12.4. The maximum atomic E-state index is 12.4. The van der Waals surface area contributed by atoms with Crippen LogP contribution >= 0.6 is 0 Å². The summed E-state index contributed by atoms with van der Waals surface area (Å²) in [6, 6.07) is 11.9. The zero-order valence-corrected chi connectivity index (χ0v) is 12.0. The number of aromatic hydroxyl groups is 1. The third-order valence-electron chi connectivity index (χ3n) is 3.40. The van der Waals surface area contributed by atoms with Crippen LogP contribution in [0, 0.1) is 0 Å². The van der Waals surface area contributed by atoms with Crippen molar-refractivity contribution in [3.63, 3.8) is 0 Å². The molecule has 0 aliphatic rings. The van der Waals surface area contributed by atoms with E-state index in [9.17, 15) is 9.90 Å². The molecule has 1 aromatic heterocycles. The molecular weight excluding hydrogens is 282 g/mol. The number of fused-ring (bicyclic) bond motifs is 1. The van der Waals surface area contributed by atoms with Crippen molar-refractivity contribution in [3.05, 3.63) is 64.5 Å². The van der Waals surface area contributed by atoms with Crippen LogP contribution in [0.5, 0.6) is 11.5 Å². The Morgan fingerprint density at radius 2 is 1.95 bits per heavy atom. The first-order chi connectivity index (χ1) is 10.7. The summed E-state index contributed by atoms with van der Waals surface area (Å²) in [5, 5.41) is 13.0. The van der Waals surface area contributed by atoms with Crippen molar-refractivity contribution in [2.45, 2.75) is 6.54 Å². The highest BCUT2D eigenvalue weighted by atomic mass is 16.5. The van der Waals surface area contributed by atoms with E-state index in [1.807, 2.05) is 24.3 Å². The van der Waals surface area contributed by atoms with E-state index >= 15 is 0 Å². The maximum Gasteiger partial charge on any atom is 0.197 e. The minimum atomic E-state index is -0.109. The van der Waals surface area contributed by atoms with E-state index in [4.69, 9.17) is 9.15 Å². The third kappa shape index (κ3) is 2.74. The van der Waals surface area contributed by atoms with Crippen LogP contribution in [-0.2, 0) is 6.54 Å². The molecule has 0 radical (unpaired) electrons. The van der Waals surface area contributed by atoms with Crippen LogP contribution in [0.4, 0.5) is 5.69 Å². The zero-order chi connectivity index (χ0) is 15.5. The Morgan fingerprint density at radius 3 is 2.68 bits per heavy atom. The minimum absolute atomic E-state index is 0.0692. The Labute approximate surface area is 126 Å². The number of ether oxygens (including phenoxy) is 1. The van der Waals surface area contributed by atoms with Gasteiger partial charge in [0.15, 0.2) is 5.43 Å². The van der Waals surface area contributed by atoms with Crippen LogP contribution in [-0.4, -0.2) is 12.2 Å². The van der Waals surface area contributed by atoms with Gasteiger partial charge in [0.05, 0.1) is 24.3 Å². The van der Waals surface area contributed by atoms with Gasteiger partial charge in [-0.25, -0.2) is 0 Å². The summed E-state index contributed by atoms with van der Waals surface area (Å²) in [7, 11) is 1.61. The van der Waals surface area contributed by atoms with E-state index in [0.717, 1.165) is 11.4 Å². The lowest BCUT2D eigenvalue weighted by molar-refractivity contribution is 0.415. The number of nitrogens with one attached hydrogen (secondary N) is 1. The number of phenols is 1. The molecule has 0 amide bonds. The van der Waals surface area contributed by atoms with Gasteiger partial charge in [-0.2, -0.15) is 0 Å². The Hall–Kier alpha value is -2.95. The van der Waals surface area contributed by atoms with Gasteiger partial charge in [0.25, 0.3) is 0 Å². The van der Waals surface area contributed by atoms with E-state index in [-0.39, 0.29) is 11.2 Å². The fraction of sp³-hybridized carbons (Fsp3) is 0.118. The molecule has 22 heavy (non-hydrogen) atoms. The fourth-order valence-electron chi connectivity index (χ4n) is 2.19. The average molecular weight is 297 g/mol. The summed E-state index contributed by atoms with van der Waals surface area (Å²) in [6.07, 6.45) is 1.42. The highest BCUT2D eigenvalue weighted by Crippen LogP contribution is 2.19. The molecule has 1 heterocycles. The topological polar surface area (TPSA) is 71.7 Å². The molecule has 0 saturated carbocycles. The van der Waals surface area contributed by atoms with Crippen molar-refractivity contribution in [2.24, 2.45) is 0 Å². The summed E-state index contributed by atoms with van der Waals surface area (Å²) in [5.41, 5.74) is 1.67. The van der Waals surface area contributed by atoms with E-state index in [2.05, 4.69) is 5.32 Å². The molecule has 0 spiro atoms. The minimum Gasteiger partial charge on any atom is -0.508 e. The fourth-order valence-corrected chi connectivity index (χ4v) is 2.19. The molecule has 3 aromatic rings. The highest BCUT2D eigenvalue weighted by Gasteiger charge is 2.07. The average Bonchev–Trinajstić information content (AvgIpc) is 2.54. The first-order valence-corrected chi connectivity index (χ1v) is 6.79. The Bertz CT molecular complexity index is 853. The van der Waals surface area contributed by atoms with Crippen molar-refractivity contribution < 1.29 is 14.3 Å². The normalized spacial score (nSPS) is 10.6. The van der Waals surface area contributed by atoms with Gasteiger partial charge in [0.1, 0.15) is 17.1 Å². The third-order valence-corrected chi connectivity index (χ3v) is 3.40. The van der Waals surface area contributed by atoms with Gasteiger partial charge < -0.3 is 19.6 Å². The molecule has 0 bridgehead atoms. The predicted octanol–water partition coefficient (Wildman–Crippen LogP) is 3.12. The summed E-state index contributed by atoms with van der Waals surface area (Å²) in [6.45, 7) is 0.353. The summed E-state index contributed by atoms with van der Waals surface area (Å²) >= 11 is 0. The lowest BCUT2D eigenvalue weighted by Crippen LogP contribution is -2.12. The highest BCUT2D eigenvalue weighted by molar-refractivity contribution is 5.78. The Balaban J connectivity index is 1.83. The summed E-state index contributed by atoms with van der Waals surface area (Å²) in [5.74, 6) is 0.843. The van der Waals surface area contributed by atoms with Gasteiger partial charge in [-0.05, 0) is 36.4 Å². The van der Waals surface area contributed by atoms with Crippen LogP contribution in [0.2, 0.25) is 0 Å². The van der Waals surface area contributed by atoms with E-state index in [1.165, 1.54) is 18.4 Å². The van der Waals surface area contributed by atoms with Gasteiger partial charge in [-0.3, -0.25) is 4.79 Å². The van der Waals surface area contributed by atoms with Gasteiger partial charge in [-0.1, -0.05) is 0 Å². The number of hydrogen-bond acceptors (Lipinski definition) is 5. The van der Waals surface area contributed by atoms with Crippen LogP contribution in [0.15, 0.2) is 57.9 Å². The lowest BCUT2D eigenvalue weighted by atomic mass is 10.1. The number of hydrogen-bond donors (Lipinski definition) is 2. The first-order valence-electron chi connectivity index (χ1n) is 6.79. The molecule has 112 valence electrons. The van der Waals surface area contributed by atoms with Crippen molar-refractivity contribution >= 4 is 16.7 Å². The van der Waals surface area contributed by atoms with Gasteiger partial charge in [-0.15, -0.1) is 0 Å². The monoisotopic (exact) mass is 297 g/mol. The molecule has 0 aliphatic carbocycles. The van der Waals surface area contributed by atoms with Crippen LogP contribution in [0.25, 0.3) is 11.0 Å². The quantitative estimate of drug-likeness (QED) is 0.774. The molecule has 5 heteroatoms. The van der Waals surface area contributed by atoms with E-state index in [1.54, 1.807) is 13.2 Å². The van der Waals surface area contributed by atoms with Crippen molar-refractivity contribution in [1.82, 2.24) is 0 Å². The van der Waals surface area contributed by atoms with E-state index < -0.39 is 0 Å². The molecule has 2 N–H and O–H groups in total. The zero-order valence-electron chi connectivity index (χ0n) is 12.0. The molecular formula is C17H15NO4. The van der Waals surface area contributed by atoms with Crippen LogP contribution in [0.3, 0.4) is 0 Å². The summed E-state index contributed by atoms with van der Waals surface area (Å²) in [4.78, 5) is 12.4. The lowest BCUT2D eigenvalue weighted by Gasteiger charge is -2.07. The van der Waals surface area contributed by atoms with Gasteiger partial charge in [0.2, 0.25) is 0 Å². The molecule has 0 fully saturated rings. The summed E-state index contributed by atoms with van der Waals surface area (Å²) < 4.78 is 10.5. The molecule has 5 nitrogen and oxygen atoms in total. The molecule has 0 aliphatic heterocycles. The number of phenolic OH excluding ortho intramolecular Hbond substituents is 1. The predicted molar refractivity (Wildman–Crippen MR) is 84.5 cm³/mol. The first kappa shape index (κ1) is 14.0. The number of benzene rings is 2. The SMILES string of the molecule is COc1ccc(NCc2coc3cc(O)ccc3c2=O)cc1. The number of anilines is 1. The van der Waals surface area contributed by atoms with Crippen molar-refractivity contribution in [2.75, 3.05) is 12.4 Å². The second-order valence-corrected chi connectivity index (χ2v) is 4.85. The second-order valence-electron chi connectivity index (χ2n) is 4.85. The van der Waals surface area contributed by atoms with Crippen LogP contribution < -0.4 is 15.5 Å². The largest absolute Gasteiger partial charge is 0.508 e. The van der Waals surface area contributed by atoms with Crippen molar-refractivity contribution in [3.8, 4) is 11.5 Å². The Morgan fingerprint density at radius 1 is 1.18 bits per heavy atom. The number of rotatable bonds is 4. The second kappa shape index (κ2) is 5.81. The molecule has 0 atom stereocenters. The smallest absolute Gasteiger partial charge is 0.197 e. The van der Waals surface area contributed by atoms with Crippen molar-refractivity contribution in [1.29, 1.82) is 0 Å². The van der Waals surface area contributed by atoms with Gasteiger partial charge in [0, 0.05) is 18.3 Å². The molecule has 0 saturated heterocycles. The molecule has 3 rings (SSSR count). The Kier molecular flexibility index (Phi) is 3.70. The molecule has 2 aromatic carbocycles. The van der Waals surface area contributed by atoms with E-state index in [0.29, 0.717) is 23.1 Å². The standard InChI is InChI=1S/C17H15NO4/c1-21-14-5-2-12(3-6-14)18-9-11-10-22-16-8-13(19)4-7-15(16)17(11)20/h2-8,10,18-19H,9H2,1H3. The number of methoxy groups -OCH3 is 1. The molecule has 0 unspecified atom stereocenters.